The maximum atomic E-state index is 15.6. The molecule has 0 saturated carbocycles. The molecule has 9 nitrogen and oxygen atoms in total. The minimum atomic E-state index is -2.59. The number of nitrogens with zero attached hydrogens (tertiary/aromatic N) is 3. The summed E-state index contributed by atoms with van der Waals surface area (Å²) in [7, 11) is -0.932. The number of ether oxygens (including phenoxy) is 2. The third-order valence-corrected chi connectivity index (χ3v) is 17.6. The molecular weight excluding hydrogens is 779 g/mol. The second-order valence-electron chi connectivity index (χ2n) is 17.7. The first-order valence-electron chi connectivity index (χ1n) is 21.7. The molecule has 0 bridgehead atoms. The van der Waals surface area contributed by atoms with Gasteiger partial charge in [-0.3, -0.25) is 19.3 Å². The molecule has 4 aromatic carbocycles. The van der Waals surface area contributed by atoms with Crippen LogP contribution in [0.15, 0.2) is 120 Å². The monoisotopic (exact) mass is 839 g/mol. The number of hydrogen-bond donors (Lipinski definition) is 1. The van der Waals surface area contributed by atoms with E-state index in [0.29, 0.717) is 31.6 Å². The van der Waals surface area contributed by atoms with E-state index in [0.717, 1.165) is 46.7 Å². The summed E-state index contributed by atoms with van der Waals surface area (Å²) in [5.41, 5.74) is 5.94. The Balaban J connectivity index is 1.35. The van der Waals surface area contributed by atoms with Crippen molar-refractivity contribution >= 4 is 48.0 Å². The van der Waals surface area contributed by atoms with Crippen molar-refractivity contribution in [3.63, 3.8) is 0 Å². The molecule has 320 valence electrons. The Hall–Kier alpha value is -5.29. The summed E-state index contributed by atoms with van der Waals surface area (Å²) in [6, 6.07) is 31.9. The zero-order valence-corrected chi connectivity index (χ0v) is 37.8. The van der Waals surface area contributed by atoms with Crippen LogP contribution in [0, 0.1) is 5.92 Å². The lowest BCUT2D eigenvalue weighted by Gasteiger charge is -2.37. The van der Waals surface area contributed by atoms with Crippen molar-refractivity contribution in [2.24, 2.45) is 5.92 Å². The summed E-state index contributed by atoms with van der Waals surface area (Å²) in [5.74, 6) is 0.114. The molecule has 7 rings (SSSR count). The highest BCUT2D eigenvalue weighted by molar-refractivity contribution is 6.91. The van der Waals surface area contributed by atoms with Crippen LogP contribution in [0.3, 0.4) is 0 Å². The van der Waals surface area contributed by atoms with Crippen molar-refractivity contribution < 1.29 is 29.0 Å². The molecule has 4 aromatic rings. The van der Waals surface area contributed by atoms with Gasteiger partial charge in [0.05, 0.1) is 45.7 Å². The third-order valence-electron chi connectivity index (χ3n) is 13.2. The van der Waals surface area contributed by atoms with E-state index in [4.69, 9.17) is 9.47 Å². The smallest absolute Gasteiger partial charge is 0.264 e. The fourth-order valence-electron chi connectivity index (χ4n) is 9.99. The van der Waals surface area contributed by atoms with Crippen molar-refractivity contribution in [3.8, 4) is 5.75 Å². The Morgan fingerprint density at radius 3 is 2.36 bits per heavy atom. The zero-order chi connectivity index (χ0) is 43.5. The summed E-state index contributed by atoms with van der Waals surface area (Å²) < 4.78 is 13.0. The minimum Gasteiger partial charge on any atom is -0.497 e. The number of benzene rings is 4. The second-order valence-corrected chi connectivity index (χ2v) is 22.4. The Morgan fingerprint density at radius 2 is 1.66 bits per heavy atom. The van der Waals surface area contributed by atoms with Gasteiger partial charge in [0.2, 0.25) is 11.8 Å². The van der Waals surface area contributed by atoms with Gasteiger partial charge in [-0.05, 0) is 93.1 Å². The van der Waals surface area contributed by atoms with Crippen LogP contribution >= 0.6 is 0 Å². The van der Waals surface area contributed by atoms with E-state index in [1.165, 1.54) is 16.3 Å². The van der Waals surface area contributed by atoms with Gasteiger partial charge in [-0.1, -0.05) is 109 Å². The third kappa shape index (κ3) is 8.63. The molecular formula is C51H61N3O6Si. The molecule has 3 heterocycles. The van der Waals surface area contributed by atoms with Gasteiger partial charge in [-0.2, -0.15) is 0 Å². The first kappa shape index (κ1) is 43.8. The Bertz CT molecular complexity index is 2300. The molecule has 1 N–H and O–H groups in total. The number of amides is 3. The zero-order valence-electron chi connectivity index (χ0n) is 36.8. The van der Waals surface area contributed by atoms with E-state index < -0.39 is 19.8 Å². The van der Waals surface area contributed by atoms with E-state index in [1.807, 2.05) is 83.8 Å². The highest BCUT2D eigenvalue weighted by Crippen LogP contribution is 2.60. The molecule has 3 aliphatic heterocycles. The number of para-hydroxylation sites is 1. The van der Waals surface area contributed by atoms with Gasteiger partial charge in [0.25, 0.3) is 5.91 Å². The van der Waals surface area contributed by atoms with Gasteiger partial charge < -0.3 is 24.4 Å². The molecule has 1 fully saturated rings. The van der Waals surface area contributed by atoms with Gasteiger partial charge in [-0.25, -0.2) is 0 Å². The van der Waals surface area contributed by atoms with E-state index in [-0.39, 0.29) is 48.8 Å². The molecule has 1 saturated heterocycles. The van der Waals surface area contributed by atoms with Crippen LogP contribution in [0.1, 0.15) is 70.1 Å². The number of aliphatic hydroxyl groups excluding tert-OH is 1. The van der Waals surface area contributed by atoms with E-state index in [9.17, 15) is 14.7 Å². The maximum Gasteiger partial charge on any atom is 0.264 e. The predicted molar refractivity (Wildman–Crippen MR) is 246 cm³/mol. The van der Waals surface area contributed by atoms with Crippen molar-refractivity contribution in [2.45, 2.75) is 96.7 Å². The lowest BCUT2D eigenvalue weighted by molar-refractivity contribution is -0.149. The fourth-order valence-corrected chi connectivity index (χ4v) is 14.0. The lowest BCUT2D eigenvalue weighted by Crippen LogP contribution is -2.52. The number of carbonyl (C=O) groups excluding carboxylic acids is 3. The number of fused-ring (bicyclic) bond motifs is 3. The van der Waals surface area contributed by atoms with Crippen molar-refractivity contribution in [1.29, 1.82) is 0 Å². The summed E-state index contributed by atoms with van der Waals surface area (Å²) in [4.78, 5) is 49.4. The topological polar surface area (TPSA) is 99.6 Å². The van der Waals surface area contributed by atoms with Crippen LogP contribution in [-0.2, 0) is 37.7 Å². The first-order chi connectivity index (χ1) is 29.3. The summed E-state index contributed by atoms with van der Waals surface area (Å²) in [6.07, 6.45) is 6.66. The van der Waals surface area contributed by atoms with Crippen LogP contribution in [0.4, 0.5) is 17.1 Å². The molecule has 0 radical (unpaired) electrons. The van der Waals surface area contributed by atoms with Crippen LogP contribution in [0.5, 0.6) is 5.75 Å². The largest absolute Gasteiger partial charge is 0.497 e. The second kappa shape index (κ2) is 18.4. The van der Waals surface area contributed by atoms with Gasteiger partial charge in [0.1, 0.15) is 5.75 Å². The molecule has 4 atom stereocenters. The van der Waals surface area contributed by atoms with Crippen LogP contribution in [-0.4, -0.2) is 68.7 Å². The number of aliphatic hydroxyl groups is 1. The van der Waals surface area contributed by atoms with Crippen molar-refractivity contribution in [3.05, 3.63) is 137 Å². The van der Waals surface area contributed by atoms with Crippen LogP contribution < -0.4 is 19.7 Å². The van der Waals surface area contributed by atoms with Gasteiger partial charge >= 0.3 is 0 Å². The lowest BCUT2D eigenvalue weighted by atomic mass is 9.82. The Morgan fingerprint density at radius 1 is 0.934 bits per heavy atom. The highest BCUT2D eigenvalue weighted by atomic mass is 28.3. The maximum absolute atomic E-state index is 15.6. The Labute approximate surface area is 362 Å². The summed E-state index contributed by atoms with van der Waals surface area (Å²) in [5, 5.41) is 11.3. The average molecular weight is 840 g/mol. The Kier molecular flexibility index (Phi) is 13.2. The molecule has 0 aliphatic carbocycles. The number of rotatable bonds is 15. The highest BCUT2D eigenvalue weighted by Gasteiger charge is 2.66. The predicted octanol–water partition coefficient (Wildman–Crippen LogP) is 8.97. The molecule has 61 heavy (non-hydrogen) atoms. The normalized spacial score (nSPS) is 21.1. The summed E-state index contributed by atoms with van der Waals surface area (Å²) in [6.45, 7) is 13.8. The first-order valence-corrected chi connectivity index (χ1v) is 24.8. The van der Waals surface area contributed by atoms with Crippen molar-refractivity contribution in [2.75, 3.05) is 36.6 Å². The standard InChI is InChI=1S/C51H61N3O6Si/c1-35(2)14-13-15-36(3)28-29-53-45-26-21-40(54-44-19-12-11-18-39(44)20-27-47(54)56)32-43(45)51(50(53)58)37(4)49(61(6,7)42-24-22-41(59-5)23-25-42)46(60-51)33-48(57)52(30-31-55)34-38-16-9-8-10-17-38/h8-12,14,16-19,21-26,28,32,37,46,49,55H,13,15,20,27,29-31,33-34H2,1-7H3/b36-28+/t37-,46+,49-,51+/m1/s1. The minimum absolute atomic E-state index is 0.000907. The number of carbonyl (C=O) groups is 3. The van der Waals surface area contributed by atoms with Gasteiger partial charge in [0.15, 0.2) is 5.60 Å². The SMILES string of the molecule is COc1ccc([Si](C)(C)[C@H]2[C@H](CC(=O)N(CCO)Cc3ccccc3)O[C@@]3(C(=O)N(C/C=C(\C)CCC=C(C)C)c4ccc(N5C(=O)CCc6ccccc65)cc43)[C@@H]2C)cc1. The number of anilines is 3. The number of hydrogen-bond acceptors (Lipinski definition) is 6. The molecule has 0 unspecified atom stereocenters. The molecule has 3 aliphatic rings. The number of methoxy groups -OCH3 is 1. The average Bonchev–Trinajstić information content (AvgIpc) is 3.68. The van der Waals surface area contributed by atoms with Gasteiger partial charge in [0, 0.05) is 43.2 Å². The molecule has 10 heteroatoms. The van der Waals surface area contributed by atoms with Crippen molar-refractivity contribution in [1.82, 2.24) is 4.90 Å². The fraction of sp³-hybridized carbons (Fsp3) is 0.392. The van der Waals surface area contributed by atoms with E-state index >= 15 is 4.79 Å². The van der Waals surface area contributed by atoms with Crippen LogP contribution in [0.2, 0.25) is 18.6 Å². The van der Waals surface area contributed by atoms with E-state index in [1.54, 1.807) is 16.9 Å². The molecule has 1 spiro atoms. The van der Waals surface area contributed by atoms with Crippen LogP contribution in [0.25, 0.3) is 0 Å². The quantitative estimate of drug-likeness (QED) is 0.0949. The van der Waals surface area contributed by atoms with Gasteiger partial charge in [-0.15, -0.1) is 0 Å². The number of allylic oxidation sites excluding steroid dienone is 3. The molecule has 3 amide bonds. The summed E-state index contributed by atoms with van der Waals surface area (Å²) >= 11 is 0. The van der Waals surface area contributed by atoms with E-state index in [2.05, 4.69) is 71.1 Å². The molecule has 0 aromatic heterocycles. The number of aryl methyl sites for hydroxylation is 1.